The van der Waals surface area contributed by atoms with Crippen molar-refractivity contribution in [2.75, 3.05) is 38.7 Å². The van der Waals surface area contributed by atoms with Gasteiger partial charge in [0.1, 0.15) is 5.75 Å². The molecular weight excluding hydrogens is 286 g/mol. The van der Waals surface area contributed by atoms with Crippen molar-refractivity contribution in [2.24, 2.45) is 0 Å². The minimum Gasteiger partial charge on any atom is -0.497 e. The first-order valence-corrected chi connectivity index (χ1v) is 7.04. The summed E-state index contributed by atoms with van der Waals surface area (Å²) < 4.78 is 5.22. The van der Waals surface area contributed by atoms with Crippen LogP contribution in [0.1, 0.15) is 6.92 Å². The fourth-order valence-corrected chi connectivity index (χ4v) is 2.83. The number of hydrogen-bond donors (Lipinski definition) is 2. The van der Waals surface area contributed by atoms with Gasteiger partial charge in [0.15, 0.2) is 11.4 Å². The number of benzene rings is 1. The molecule has 1 unspecified atom stereocenters. The predicted octanol–water partition coefficient (Wildman–Crippen LogP) is 1.000. The first-order chi connectivity index (χ1) is 10.4. The molecule has 1 fully saturated rings. The van der Waals surface area contributed by atoms with Crippen LogP contribution in [0.5, 0.6) is 5.75 Å². The second-order valence-corrected chi connectivity index (χ2v) is 5.22. The van der Waals surface area contributed by atoms with Crippen LogP contribution >= 0.6 is 0 Å². The Morgan fingerprint density at radius 3 is 2.64 bits per heavy atom. The number of carbonyl (C=O) groups excluding carboxylic acids is 1. The smallest absolute Gasteiger partial charge is 0.409 e. The average Bonchev–Trinajstić information content (AvgIpc) is 2.53. The van der Waals surface area contributed by atoms with Gasteiger partial charge in [0.2, 0.25) is 0 Å². The third-order valence-corrected chi connectivity index (χ3v) is 4.12. The molecule has 0 radical (unpaired) electrons. The summed E-state index contributed by atoms with van der Waals surface area (Å²) in [6, 6.07) is 7.50. The fourth-order valence-electron chi connectivity index (χ4n) is 2.83. The van der Waals surface area contributed by atoms with Crippen molar-refractivity contribution in [1.29, 1.82) is 0 Å². The number of methoxy groups -OCH3 is 1. The van der Waals surface area contributed by atoms with E-state index in [0.717, 1.165) is 11.4 Å². The van der Waals surface area contributed by atoms with E-state index in [1.807, 2.05) is 29.2 Å². The van der Waals surface area contributed by atoms with Crippen LogP contribution in [0.2, 0.25) is 0 Å². The number of Topliss-reactive ketones (excluding diaryl/α,β-unsaturated/α-hetero) is 1. The first-order valence-electron chi connectivity index (χ1n) is 7.04. The molecule has 1 aromatic rings. The molecule has 120 valence electrons. The number of amides is 1. The summed E-state index contributed by atoms with van der Waals surface area (Å²) in [5.41, 5.74) is -0.349. The lowest BCUT2D eigenvalue weighted by molar-refractivity contribution is -0.130. The Balaban J connectivity index is 2.35. The highest BCUT2D eigenvalue weighted by atomic mass is 16.5. The van der Waals surface area contributed by atoms with Gasteiger partial charge in [0, 0.05) is 24.8 Å². The third-order valence-electron chi connectivity index (χ3n) is 4.12. The van der Waals surface area contributed by atoms with E-state index in [1.54, 1.807) is 14.2 Å². The van der Waals surface area contributed by atoms with E-state index in [4.69, 9.17) is 4.74 Å². The van der Waals surface area contributed by atoms with Gasteiger partial charge in [-0.15, -0.1) is 0 Å². The number of anilines is 1. The number of piperazine rings is 1. The van der Waals surface area contributed by atoms with Crippen molar-refractivity contribution < 1.29 is 19.4 Å². The number of ether oxygens (including phenoxy) is 1. The third kappa shape index (κ3) is 2.71. The van der Waals surface area contributed by atoms with Gasteiger partial charge < -0.3 is 14.7 Å². The van der Waals surface area contributed by atoms with Crippen molar-refractivity contribution in [3.05, 3.63) is 24.3 Å². The summed E-state index contributed by atoms with van der Waals surface area (Å²) in [4.78, 5) is 26.8. The number of ketones is 1. The normalized spacial score (nSPS) is 21.6. The first kappa shape index (κ1) is 16.1. The molecular formula is C15H21N3O4. The summed E-state index contributed by atoms with van der Waals surface area (Å²) in [7, 11) is 3.20. The Hall–Kier alpha value is -2.28. The summed E-state index contributed by atoms with van der Waals surface area (Å²) in [6.07, 6.45) is -1.10. The van der Waals surface area contributed by atoms with Gasteiger partial charge in [-0.3, -0.25) is 15.0 Å². The fraction of sp³-hybridized carbons (Fsp3) is 0.467. The summed E-state index contributed by atoms with van der Waals surface area (Å²) in [6.45, 7) is 2.41. The van der Waals surface area contributed by atoms with Gasteiger partial charge >= 0.3 is 6.09 Å². The van der Waals surface area contributed by atoms with Crippen LogP contribution in [0.15, 0.2) is 24.3 Å². The average molecular weight is 307 g/mol. The predicted molar refractivity (Wildman–Crippen MR) is 82.4 cm³/mol. The lowest BCUT2D eigenvalue weighted by Gasteiger charge is -2.48. The standard InChI is InChI=1S/C15H21N3O4/c1-11(19)15(16-2)10-17(7-8-18(15)14(20)21)12-5-4-6-13(9-12)22-3/h4-6,9,16H,7-8,10H2,1-3H3,(H,20,21). The molecule has 1 heterocycles. The minimum atomic E-state index is -1.24. The molecule has 2 N–H and O–H groups in total. The highest BCUT2D eigenvalue weighted by molar-refractivity contribution is 5.90. The van der Waals surface area contributed by atoms with Gasteiger partial charge in [-0.1, -0.05) is 6.07 Å². The largest absolute Gasteiger partial charge is 0.497 e. The van der Waals surface area contributed by atoms with Crippen LogP contribution in [-0.2, 0) is 4.79 Å². The second kappa shape index (κ2) is 6.23. The molecule has 1 aromatic carbocycles. The van der Waals surface area contributed by atoms with Crippen molar-refractivity contribution in [1.82, 2.24) is 10.2 Å². The lowest BCUT2D eigenvalue weighted by Crippen LogP contribution is -2.73. The molecule has 0 aromatic heterocycles. The van der Waals surface area contributed by atoms with Crippen molar-refractivity contribution in [2.45, 2.75) is 12.6 Å². The van der Waals surface area contributed by atoms with E-state index in [9.17, 15) is 14.7 Å². The molecule has 2 rings (SSSR count). The van der Waals surface area contributed by atoms with Crippen molar-refractivity contribution in [3.8, 4) is 5.75 Å². The summed E-state index contributed by atoms with van der Waals surface area (Å²) in [5, 5.41) is 12.3. The summed E-state index contributed by atoms with van der Waals surface area (Å²) in [5.74, 6) is 0.487. The van der Waals surface area contributed by atoms with Crippen LogP contribution in [0.4, 0.5) is 10.5 Å². The van der Waals surface area contributed by atoms with Gasteiger partial charge in [-0.2, -0.15) is 0 Å². The van der Waals surface area contributed by atoms with Crippen LogP contribution in [0.25, 0.3) is 0 Å². The zero-order valence-corrected chi connectivity index (χ0v) is 13.0. The molecule has 7 heteroatoms. The zero-order valence-electron chi connectivity index (χ0n) is 13.0. The molecule has 0 saturated carbocycles. The number of likely N-dealkylation sites (N-methyl/N-ethyl adjacent to an activating group) is 1. The van der Waals surface area contributed by atoms with Crippen LogP contribution in [0, 0.1) is 0 Å². The van der Waals surface area contributed by atoms with Crippen LogP contribution in [-0.4, -0.2) is 61.3 Å². The Bertz CT molecular complexity index is 578. The molecule has 1 aliphatic heterocycles. The SMILES string of the molecule is CNC1(C(C)=O)CN(c2cccc(OC)c2)CCN1C(=O)O. The van der Waals surface area contributed by atoms with Crippen molar-refractivity contribution in [3.63, 3.8) is 0 Å². The maximum absolute atomic E-state index is 12.1. The molecule has 1 amide bonds. The Morgan fingerprint density at radius 2 is 2.09 bits per heavy atom. The Labute approximate surface area is 129 Å². The van der Waals surface area contributed by atoms with Crippen LogP contribution < -0.4 is 15.0 Å². The van der Waals surface area contributed by atoms with E-state index >= 15 is 0 Å². The van der Waals surface area contributed by atoms with Gasteiger partial charge in [-0.25, -0.2) is 4.79 Å². The summed E-state index contributed by atoms with van der Waals surface area (Å²) >= 11 is 0. The van der Waals surface area contributed by atoms with Gasteiger partial charge in [0.05, 0.1) is 13.7 Å². The van der Waals surface area contributed by atoms with E-state index < -0.39 is 11.8 Å². The number of nitrogens with one attached hydrogen (secondary N) is 1. The molecule has 1 atom stereocenters. The molecule has 1 aliphatic rings. The van der Waals surface area contributed by atoms with E-state index in [1.165, 1.54) is 11.8 Å². The molecule has 0 bridgehead atoms. The van der Waals surface area contributed by atoms with E-state index in [0.29, 0.717) is 6.54 Å². The quantitative estimate of drug-likeness (QED) is 0.863. The molecule has 22 heavy (non-hydrogen) atoms. The number of hydrogen-bond acceptors (Lipinski definition) is 5. The Kier molecular flexibility index (Phi) is 4.56. The molecule has 0 aliphatic carbocycles. The maximum atomic E-state index is 12.1. The Morgan fingerprint density at radius 1 is 1.36 bits per heavy atom. The van der Waals surface area contributed by atoms with Gasteiger partial charge in [0.25, 0.3) is 0 Å². The van der Waals surface area contributed by atoms with E-state index in [2.05, 4.69) is 5.32 Å². The monoisotopic (exact) mass is 307 g/mol. The zero-order chi connectivity index (χ0) is 16.3. The number of carbonyl (C=O) groups is 2. The highest BCUT2D eigenvalue weighted by Gasteiger charge is 2.47. The maximum Gasteiger partial charge on any atom is 0.409 e. The number of nitrogens with zero attached hydrogens (tertiary/aromatic N) is 2. The number of carboxylic acid groups (broad SMARTS) is 1. The topological polar surface area (TPSA) is 82.1 Å². The molecule has 1 saturated heterocycles. The minimum absolute atomic E-state index is 0.231. The molecule has 0 spiro atoms. The van der Waals surface area contributed by atoms with Crippen molar-refractivity contribution >= 4 is 17.6 Å². The highest BCUT2D eigenvalue weighted by Crippen LogP contribution is 2.27. The van der Waals surface area contributed by atoms with Gasteiger partial charge in [-0.05, 0) is 26.1 Å². The lowest BCUT2D eigenvalue weighted by atomic mass is 9.99. The van der Waals surface area contributed by atoms with Crippen LogP contribution in [0.3, 0.4) is 0 Å². The second-order valence-electron chi connectivity index (χ2n) is 5.22. The van der Waals surface area contributed by atoms with E-state index in [-0.39, 0.29) is 18.9 Å². The number of rotatable bonds is 4. The molecule has 7 nitrogen and oxygen atoms in total.